The van der Waals surface area contributed by atoms with Gasteiger partial charge in [-0.15, -0.1) is 0 Å². The van der Waals surface area contributed by atoms with Gasteiger partial charge in [0, 0.05) is 18.2 Å². The van der Waals surface area contributed by atoms with E-state index in [1.807, 2.05) is 55.5 Å². The largest absolute Gasteiger partial charge is 0.350 e. The number of anilines is 1. The second-order valence-corrected chi connectivity index (χ2v) is 9.69. The van der Waals surface area contributed by atoms with Gasteiger partial charge < -0.3 is 15.1 Å². The van der Waals surface area contributed by atoms with E-state index in [-0.39, 0.29) is 23.8 Å². The predicted molar refractivity (Wildman–Crippen MR) is 140 cm³/mol. The lowest BCUT2D eigenvalue weighted by Gasteiger charge is -2.26. The van der Waals surface area contributed by atoms with Crippen molar-refractivity contribution in [1.29, 1.82) is 0 Å². The van der Waals surface area contributed by atoms with Gasteiger partial charge in [-0.2, -0.15) is 0 Å². The van der Waals surface area contributed by atoms with Crippen molar-refractivity contribution >= 4 is 23.4 Å². The van der Waals surface area contributed by atoms with Crippen LogP contribution in [0.1, 0.15) is 58.0 Å². The molecule has 1 N–H and O–H groups in total. The third kappa shape index (κ3) is 4.89. The number of amides is 3. The molecule has 0 radical (unpaired) electrons. The highest BCUT2D eigenvalue weighted by Gasteiger charge is 2.41. The molecule has 2 atom stereocenters. The normalized spacial score (nSPS) is 17.9. The molecule has 2 heterocycles. The molecule has 36 heavy (non-hydrogen) atoms. The van der Waals surface area contributed by atoms with E-state index in [9.17, 15) is 14.4 Å². The lowest BCUT2D eigenvalue weighted by atomic mass is 10.1. The number of rotatable bonds is 7. The number of aryl methyl sites for hydroxylation is 1. The van der Waals surface area contributed by atoms with Gasteiger partial charge in [-0.1, -0.05) is 54.6 Å². The lowest BCUT2D eigenvalue weighted by Crippen LogP contribution is -2.44. The van der Waals surface area contributed by atoms with E-state index in [1.165, 1.54) is 5.56 Å². The summed E-state index contributed by atoms with van der Waals surface area (Å²) in [4.78, 5) is 42.8. The first-order valence-corrected chi connectivity index (χ1v) is 12.7. The molecule has 3 aromatic carbocycles. The van der Waals surface area contributed by atoms with Gasteiger partial charge in [-0.05, 0) is 68.0 Å². The second kappa shape index (κ2) is 10.4. The maximum atomic E-state index is 13.5. The van der Waals surface area contributed by atoms with Gasteiger partial charge in [0.05, 0.1) is 17.8 Å². The summed E-state index contributed by atoms with van der Waals surface area (Å²) in [5.41, 5.74) is 3.97. The minimum absolute atomic E-state index is 0.0418. The first-order valence-electron chi connectivity index (χ1n) is 12.7. The number of nitrogens with zero attached hydrogens (tertiary/aromatic N) is 2. The molecule has 6 heteroatoms. The topological polar surface area (TPSA) is 69.7 Å². The molecular weight excluding hydrogens is 450 g/mol. The molecule has 0 spiro atoms. The number of nitrogens with one attached hydrogen (secondary N) is 1. The summed E-state index contributed by atoms with van der Waals surface area (Å²) in [6.07, 6.45) is 3.30. The zero-order chi connectivity index (χ0) is 25.1. The van der Waals surface area contributed by atoms with Crippen LogP contribution in [0.4, 0.5) is 5.69 Å². The van der Waals surface area contributed by atoms with Crippen LogP contribution in [0.3, 0.4) is 0 Å². The smallest absolute Gasteiger partial charge is 0.256 e. The zero-order valence-electron chi connectivity index (χ0n) is 20.5. The summed E-state index contributed by atoms with van der Waals surface area (Å²) in [6, 6.07) is 24.6. The Morgan fingerprint density at radius 1 is 0.944 bits per heavy atom. The summed E-state index contributed by atoms with van der Waals surface area (Å²) in [6.45, 7) is 2.99. The van der Waals surface area contributed by atoms with E-state index in [2.05, 4.69) is 17.4 Å². The predicted octanol–water partition coefficient (Wildman–Crippen LogP) is 4.59. The molecule has 1 fully saturated rings. The minimum Gasteiger partial charge on any atom is -0.350 e. The van der Waals surface area contributed by atoms with Crippen LogP contribution in [0.15, 0.2) is 78.9 Å². The van der Waals surface area contributed by atoms with Gasteiger partial charge in [0.2, 0.25) is 5.91 Å². The Morgan fingerprint density at radius 2 is 1.67 bits per heavy atom. The number of benzene rings is 3. The van der Waals surface area contributed by atoms with Crippen LogP contribution >= 0.6 is 0 Å². The van der Waals surface area contributed by atoms with Crippen molar-refractivity contribution in [3.05, 3.63) is 101 Å². The van der Waals surface area contributed by atoms with Gasteiger partial charge in [0.1, 0.15) is 6.04 Å². The molecular formula is C30H31N3O3. The molecule has 0 unspecified atom stereocenters. The molecule has 3 amide bonds. The summed E-state index contributed by atoms with van der Waals surface area (Å²) in [5, 5.41) is 3.08. The monoisotopic (exact) mass is 481 g/mol. The second-order valence-electron chi connectivity index (χ2n) is 9.69. The number of carbonyl (C=O) groups excluding carboxylic acids is 3. The number of hydrogen-bond donors (Lipinski definition) is 1. The summed E-state index contributed by atoms with van der Waals surface area (Å²) >= 11 is 0. The van der Waals surface area contributed by atoms with E-state index in [0.29, 0.717) is 36.3 Å². The average molecular weight is 482 g/mol. The molecule has 0 bridgehead atoms. The van der Waals surface area contributed by atoms with Crippen molar-refractivity contribution in [2.24, 2.45) is 0 Å². The van der Waals surface area contributed by atoms with Crippen molar-refractivity contribution in [2.45, 2.75) is 51.2 Å². The Balaban J connectivity index is 1.26. The van der Waals surface area contributed by atoms with Crippen LogP contribution < -0.4 is 10.2 Å². The molecule has 0 aliphatic carbocycles. The highest BCUT2D eigenvalue weighted by Crippen LogP contribution is 2.33. The summed E-state index contributed by atoms with van der Waals surface area (Å²) < 4.78 is 0. The molecule has 6 nitrogen and oxygen atoms in total. The Bertz CT molecular complexity index is 1260. The summed E-state index contributed by atoms with van der Waals surface area (Å²) in [7, 11) is 0. The van der Waals surface area contributed by atoms with Crippen molar-refractivity contribution in [3.63, 3.8) is 0 Å². The number of para-hydroxylation sites is 1. The van der Waals surface area contributed by atoms with Crippen LogP contribution in [0.2, 0.25) is 0 Å². The molecule has 0 aromatic heterocycles. The third-order valence-electron chi connectivity index (χ3n) is 7.13. The maximum absolute atomic E-state index is 13.5. The van der Waals surface area contributed by atoms with Crippen LogP contribution in [-0.4, -0.2) is 41.2 Å². The van der Waals surface area contributed by atoms with Gasteiger partial charge >= 0.3 is 0 Å². The van der Waals surface area contributed by atoms with Gasteiger partial charge in [-0.25, -0.2) is 0 Å². The minimum atomic E-state index is -0.410. The molecule has 2 aliphatic heterocycles. The van der Waals surface area contributed by atoms with Gasteiger partial charge in [0.15, 0.2) is 0 Å². The Hall–Kier alpha value is -3.93. The van der Waals surface area contributed by atoms with E-state index in [4.69, 9.17) is 0 Å². The van der Waals surface area contributed by atoms with Crippen LogP contribution in [-0.2, 0) is 17.8 Å². The van der Waals surface area contributed by atoms with Gasteiger partial charge in [-0.3, -0.25) is 14.4 Å². The zero-order valence-corrected chi connectivity index (χ0v) is 20.5. The van der Waals surface area contributed by atoms with E-state index >= 15 is 0 Å². The quantitative estimate of drug-likeness (QED) is 0.537. The molecule has 2 aliphatic rings. The number of hydrogen-bond acceptors (Lipinski definition) is 3. The lowest BCUT2D eigenvalue weighted by molar-refractivity contribution is -0.122. The Labute approximate surface area is 211 Å². The van der Waals surface area contributed by atoms with Crippen LogP contribution in [0, 0.1) is 0 Å². The fourth-order valence-electron chi connectivity index (χ4n) is 5.12. The first-order chi connectivity index (χ1) is 17.5. The molecule has 1 saturated heterocycles. The van der Waals surface area contributed by atoms with Crippen molar-refractivity contribution in [2.75, 3.05) is 11.4 Å². The van der Waals surface area contributed by atoms with E-state index in [0.717, 1.165) is 24.8 Å². The average Bonchev–Trinajstić information content (AvgIpc) is 3.38. The van der Waals surface area contributed by atoms with Crippen molar-refractivity contribution < 1.29 is 14.4 Å². The Morgan fingerprint density at radius 3 is 2.44 bits per heavy atom. The maximum Gasteiger partial charge on any atom is 0.256 e. The van der Waals surface area contributed by atoms with Gasteiger partial charge in [0.25, 0.3) is 11.8 Å². The first kappa shape index (κ1) is 23.8. The van der Waals surface area contributed by atoms with Crippen molar-refractivity contribution in [1.82, 2.24) is 10.2 Å². The standard InChI is InChI=1S/C30H31N3O3/c1-21(13-14-22-8-3-2-4-9-22)31-28(34)24-17-15-23(16-18-24)20-33-26-11-6-5-10-25(26)29(35)32-19-7-12-27(32)30(33)36/h2-6,8-11,15-18,21,27H,7,12-14,19-20H2,1H3,(H,31,34)/t21-,27+/m0/s1. The summed E-state index contributed by atoms with van der Waals surface area (Å²) in [5.74, 6) is -0.220. The third-order valence-corrected chi connectivity index (χ3v) is 7.13. The Kier molecular flexibility index (Phi) is 6.85. The highest BCUT2D eigenvalue weighted by atomic mass is 16.2. The molecule has 0 saturated carbocycles. The van der Waals surface area contributed by atoms with Crippen molar-refractivity contribution in [3.8, 4) is 0 Å². The number of carbonyl (C=O) groups is 3. The van der Waals surface area contributed by atoms with E-state index in [1.54, 1.807) is 28.0 Å². The number of fused-ring (bicyclic) bond motifs is 2. The molecule has 3 aromatic rings. The van der Waals surface area contributed by atoms with E-state index < -0.39 is 6.04 Å². The SMILES string of the molecule is C[C@@H](CCc1ccccc1)NC(=O)c1ccc(CN2C(=O)[C@H]3CCCN3C(=O)c3ccccc32)cc1. The molecule has 5 rings (SSSR count). The molecule has 184 valence electrons. The van der Waals surface area contributed by atoms with Crippen LogP contribution in [0.25, 0.3) is 0 Å². The fraction of sp³-hybridized carbons (Fsp3) is 0.300. The highest BCUT2D eigenvalue weighted by molar-refractivity contribution is 6.11. The fourth-order valence-corrected chi connectivity index (χ4v) is 5.12. The van der Waals surface area contributed by atoms with Crippen LogP contribution in [0.5, 0.6) is 0 Å².